The summed E-state index contributed by atoms with van der Waals surface area (Å²) in [5.41, 5.74) is 5.17. The van der Waals surface area contributed by atoms with Crippen LogP contribution < -0.4 is 5.43 Å². The molecule has 0 aliphatic heterocycles. The fraction of sp³-hybridized carbons (Fsp3) is 0.200. The molecule has 0 amide bonds. The van der Waals surface area contributed by atoms with Gasteiger partial charge in [-0.25, -0.2) is 4.68 Å². The van der Waals surface area contributed by atoms with E-state index in [4.69, 9.17) is 28.2 Å². The van der Waals surface area contributed by atoms with Gasteiger partial charge in [0, 0.05) is 10.6 Å². The van der Waals surface area contributed by atoms with Gasteiger partial charge in [0.2, 0.25) is 4.77 Å². The van der Waals surface area contributed by atoms with Crippen LogP contribution in [0.2, 0.25) is 5.02 Å². The summed E-state index contributed by atoms with van der Waals surface area (Å²) >= 11 is 11.3. The number of aromatic amines is 1. The van der Waals surface area contributed by atoms with E-state index in [-0.39, 0.29) is 0 Å². The first-order valence-corrected chi connectivity index (χ1v) is 7.57. The average Bonchev–Trinajstić information content (AvgIpc) is 3.08. The second kappa shape index (κ2) is 5.98. The molecule has 0 saturated heterocycles. The van der Waals surface area contributed by atoms with Gasteiger partial charge in [-0.2, -0.15) is 5.10 Å². The van der Waals surface area contributed by atoms with Gasteiger partial charge in [0.05, 0.1) is 6.54 Å². The summed E-state index contributed by atoms with van der Waals surface area (Å²) in [5, 5.41) is 7.50. The summed E-state index contributed by atoms with van der Waals surface area (Å²) < 4.78 is 8.12. The van der Waals surface area contributed by atoms with Crippen LogP contribution in [-0.2, 0) is 6.54 Å². The standard InChI is InChI=1S/C15H15ClN4OS/c1-9-12(4-3-5-13(9)16)14-7-6-11(21-14)8-17-20-10(2)18-19-15(20)22/h3-7,17H,8H2,1-2H3,(H,19,22). The summed E-state index contributed by atoms with van der Waals surface area (Å²) in [6.45, 7) is 4.35. The molecule has 0 saturated carbocycles. The number of hydrogen-bond acceptors (Lipinski definition) is 4. The van der Waals surface area contributed by atoms with Gasteiger partial charge in [0.1, 0.15) is 17.3 Å². The highest BCUT2D eigenvalue weighted by Gasteiger charge is 2.10. The van der Waals surface area contributed by atoms with Gasteiger partial charge < -0.3 is 9.84 Å². The minimum atomic E-state index is 0.508. The Morgan fingerprint density at radius 2 is 2.14 bits per heavy atom. The quantitative estimate of drug-likeness (QED) is 0.701. The number of aryl methyl sites for hydroxylation is 1. The highest BCUT2D eigenvalue weighted by molar-refractivity contribution is 7.71. The van der Waals surface area contributed by atoms with E-state index in [1.54, 1.807) is 4.68 Å². The molecule has 0 fully saturated rings. The normalized spacial score (nSPS) is 10.9. The topological polar surface area (TPSA) is 58.8 Å². The van der Waals surface area contributed by atoms with Gasteiger partial charge in [-0.05, 0) is 49.8 Å². The van der Waals surface area contributed by atoms with Crippen LogP contribution in [0.5, 0.6) is 0 Å². The maximum atomic E-state index is 6.15. The minimum absolute atomic E-state index is 0.508. The van der Waals surface area contributed by atoms with Crippen molar-refractivity contribution < 1.29 is 4.42 Å². The SMILES string of the molecule is Cc1c(Cl)cccc1-c1ccc(CNn2c(C)n[nH]c2=S)o1. The first kappa shape index (κ1) is 14.9. The molecule has 0 aliphatic carbocycles. The summed E-state index contributed by atoms with van der Waals surface area (Å²) in [6.07, 6.45) is 0. The van der Waals surface area contributed by atoms with Gasteiger partial charge in [0.15, 0.2) is 0 Å². The average molecular weight is 335 g/mol. The van der Waals surface area contributed by atoms with Gasteiger partial charge in [-0.15, -0.1) is 0 Å². The fourth-order valence-corrected chi connectivity index (χ4v) is 2.63. The molecule has 1 aromatic carbocycles. The smallest absolute Gasteiger partial charge is 0.214 e. The molecule has 0 atom stereocenters. The summed E-state index contributed by atoms with van der Waals surface area (Å²) in [4.78, 5) is 0. The van der Waals surface area contributed by atoms with Crippen LogP contribution in [-0.4, -0.2) is 14.9 Å². The van der Waals surface area contributed by atoms with Crippen molar-refractivity contribution in [2.45, 2.75) is 20.4 Å². The number of H-pyrrole nitrogens is 1. The lowest BCUT2D eigenvalue weighted by Crippen LogP contribution is -2.15. The number of hydrogen-bond donors (Lipinski definition) is 2. The van der Waals surface area contributed by atoms with Gasteiger partial charge in [-0.3, -0.25) is 5.10 Å². The van der Waals surface area contributed by atoms with Crippen molar-refractivity contribution in [1.29, 1.82) is 0 Å². The van der Waals surface area contributed by atoms with E-state index in [0.717, 1.165) is 33.5 Å². The number of furan rings is 1. The van der Waals surface area contributed by atoms with Crippen LogP contribution in [0.25, 0.3) is 11.3 Å². The number of nitrogens with one attached hydrogen (secondary N) is 2. The molecule has 2 aromatic heterocycles. The van der Waals surface area contributed by atoms with E-state index in [9.17, 15) is 0 Å². The van der Waals surface area contributed by atoms with Gasteiger partial charge >= 0.3 is 0 Å². The highest BCUT2D eigenvalue weighted by Crippen LogP contribution is 2.29. The molecule has 7 heteroatoms. The van der Waals surface area contributed by atoms with E-state index in [0.29, 0.717) is 11.3 Å². The Bertz CT molecular complexity index is 865. The zero-order valence-electron chi connectivity index (χ0n) is 12.2. The maximum absolute atomic E-state index is 6.15. The fourth-order valence-electron chi connectivity index (χ4n) is 2.21. The predicted molar refractivity (Wildman–Crippen MR) is 89.1 cm³/mol. The molecule has 5 nitrogen and oxygen atoms in total. The molecule has 22 heavy (non-hydrogen) atoms. The molecule has 0 unspecified atom stereocenters. The van der Waals surface area contributed by atoms with Crippen molar-refractivity contribution in [2.75, 3.05) is 5.43 Å². The summed E-state index contributed by atoms with van der Waals surface area (Å²) in [7, 11) is 0. The Morgan fingerprint density at radius 3 is 2.86 bits per heavy atom. The predicted octanol–water partition coefficient (Wildman–Crippen LogP) is 4.21. The van der Waals surface area contributed by atoms with Crippen molar-refractivity contribution in [3.63, 3.8) is 0 Å². The third kappa shape index (κ3) is 2.80. The Kier molecular flexibility index (Phi) is 4.04. The number of rotatable bonds is 4. The molecular formula is C15H15ClN4OS. The van der Waals surface area contributed by atoms with E-state index >= 15 is 0 Å². The van der Waals surface area contributed by atoms with Gasteiger partial charge in [0.25, 0.3) is 0 Å². The van der Waals surface area contributed by atoms with Crippen LogP contribution in [0.15, 0.2) is 34.7 Å². The second-order valence-corrected chi connectivity index (χ2v) is 5.72. The van der Waals surface area contributed by atoms with Crippen molar-refractivity contribution in [1.82, 2.24) is 14.9 Å². The molecule has 3 aromatic rings. The Balaban J connectivity index is 1.80. The first-order valence-electron chi connectivity index (χ1n) is 6.78. The minimum Gasteiger partial charge on any atom is -0.459 e. The molecule has 0 radical (unpaired) electrons. The Morgan fingerprint density at radius 1 is 1.32 bits per heavy atom. The maximum Gasteiger partial charge on any atom is 0.214 e. The van der Waals surface area contributed by atoms with Gasteiger partial charge in [-0.1, -0.05) is 23.7 Å². The number of halogens is 1. The Labute approximate surface area is 137 Å². The lowest BCUT2D eigenvalue weighted by atomic mass is 10.1. The summed E-state index contributed by atoms with van der Waals surface area (Å²) in [6, 6.07) is 9.65. The number of benzene rings is 1. The number of aromatic nitrogens is 3. The zero-order chi connectivity index (χ0) is 15.7. The van der Waals surface area contributed by atoms with E-state index in [1.807, 2.05) is 44.2 Å². The molecular weight excluding hydrogens is 320 g/mol. The first-order chi connectivity index (χ1) is 10.6. The zero-order valence-corrected chi connectivity index (χ0v) is 13.8. The van der Waals surface area contributed by atoms with Crippen molar-refractivity contribution >= 4 is 23.8 Å². The van der Waals surface area contributed by atoms with Crippen molar-refractivity contribution in [2.24, 2.45) is 0 Å². The van der Waals surface area contributed by atoms with Crippen LogP contribution in [0.3, 0.4) is 0 Å². The largest absolute Gasteiger partial charge is 0.459 e. The third-order valence-corrected chi connectivity index (χ3v) is 4.13. The molecule has 2 heterocycles. The number of nitrogens with zero attached hydrogens (tertiary/aromatic N) is 2. The van der Waals surface area contributed by atoms with Crippen LogP contribution >= 0.6 is 23.8 Å². The summed E-state index contributed by atoms with van der Waals surface area (Å²) in [5.74, 6) is 2.36. The lowest BCUT2D eigenvalue weighted by Gasteiger charge is -2.06. The highest BCUT2D eigenvalue weighted by atomic mass is 35.5. The van der Waals surface area contributed by atoms with E-state index in [1.165, 1.54) is 0 Å². The molecule has 114 valence electrons. The third-order valence-electron chi connectivity index (χ3n) is 3.45. The lowest BCUT2D eigenvalue weighted by molar-refractivity contribution is 0.521. The molecule has 3 rings (SSSR count). The molecule has 0 spiro atoms. The van der Waals surface area contributed by atoms with Crippen LogP contribution in [0.4, 0.5) is 0 Å². The molecule has 0 bridgehead atoms. The van der Waals surface area contributed by atoms with Crippen molar-refractivity contribution in [3.05, 3.63) is 57.3 Å². The monoisotopic (exact) mass is 334 g/mol. The van der Waals surface area contributed by atoms with E-state index < -0.39 is 0 Å². The molecule has 2 N–H and O–H groups in total. The second-order valence-electron chi connectivity index (χ2n) is 4.92. The Hall–Kier alpha value is -2.05. The molecule has 0 aliphatic rings. The van der Waals surface area contributed by atoms with Crippen molar-refractivity contribution in [3.8, 4) is 11.3 Å². The van der Waals surface area contributed by atoms with Crippen LogP contribution in [0.1, 0.15) is 17.1 Å². The van der Waals surface area contributed by atoms with E-state index in [2.05, 4.69) is 15.6 Å². The van der Waals surface area contributed by atoms with Crippen LogP contribution in [0, 0.1) is 18.6 Å².